The van der Waals surface area contributed by atoms with Crippen molar-refractivity contribution in [1.82, 2.24) is 9.62 Å². The molecule has 2 saturated heterocycles. The van der Waals surface area contributed by atoms with Gasteiger partial charge in [0, 0.05) is 44.1 Å². The van der Waals surface area contributed by atoms with E-state index in [4.69, 9.17) is 22.1 Å². The standard InChI is InChI=1S/C33H44ClF2N3O4S/c1-2-43-26-12-8-21(9-13-26)32(23-10-15-28(34)30(36)17-23)33(37)31(40)18-22-5-3-7-29(35)27(22)14-11-25-19-38-24-6-4-16-44(41,42)39(25)20-24/h3,5,7,10,15,17,21,24-26,32-33,38H,2,4,6,8-9,11-14,16,18-20,37H2,1H3/t21?,24-,25+,26?,32?,33-/m1/s1. The van der Waals surface area contributed by atoms with Gasteiger partial charge in [-0.2, -0.15) is 4.31 Å². The first-order valence-electron chi connectivity index (χ1n) is 15.9. The summed E-state index contributed by atoms with van der Waals surface area (Å²) in [4.78, 5) is 13.8. The van der Waals surface area contributed by atoms with Gasteiger partial charge in [0.05, 0.1) is 22.9 Å². The molecule has 11 heteroatoms. The molecule has 2 aromatic carbocycles. The van der Waals surface area contributed by atoms with Crippen LogP contribution in [0.15, 0.2) is 36.4 Å². The van der Waals surface area contributed by atoms with E-state index in [1.807, 2.05) is 6.92 Å². The minimum Gasteiger partial charge on any atom is -0.379 e. The number of hydrogen-bond donors (Lipinski definition) is 2. The van der Waals surface area contributed by atoms with E-state index in [1.165, 1.54) is 18.2 Å². The number of halogens is 3. The second-order valence-electron chi connectivity index (χ2n) is 12.6. The molecule has 3 aliphatic rings. The molecule has 0 spiro atoms. The summed E-state index contributed by atoms with van der Waals surface area (Å²) in [7, 11) is -3.37. The van der Waals surface area contributed by atoms with Crippen LogP contribution in [-0.4, -0.2) is 68.2 Å². The molecule has 5 atom stereocenters. The van der Waals surface area contributed by atoms with Gasteiger partial charge in [-0.25, -0.2) is 17.2 Å². The predicted molar refractivity (Wildman–Crippen MR) is 168 cm³/mol. The van der Waals surface area contributed by atoms with Crippen LogP contribution < -0.4 is 11.1 Å². The zero-order valence-electron chi connectivity index (χ0n) is 25.3. The molecule has 1 saturated carbocycles. The number of rotatable bonds is 11. The lowest BCUT2D eigenvalue weighted by molar-refractivity contribution is -0.120. The maximum atomic E-state index is 15.3. The fraction of sp³-hybridized carbons (Fsp3) is 0.606. The molecule has 0 radical (unpaired) electrons. The van der Waals surface area contributed by atoms with Crippen LogP contribution in [-0.2, 0) is 32.4 Å². The minimum absolute atomic E-state index is 0.00789. The van der Waals surface area contributed by atoms with Crippen molar-refractivity contribution in [1.29, 1.82) is 0 Å². The van der Waals surface area contributed by atoms with Crippen molar-refractivity contribution < 1.29 is 26.7 Å². The summed E-state index contributed by atoms with van der Waals surface area (Å²) in [6.07, 6.45) is 5.53. The second kappa shape index (κ2) is 14.6. The van der Waals surface area contributed by atoms with Crippen LogP contribution in [0.25, 0.3) is 0 Å². The highest BCUT2D eigenvalue weighted by Gasteiger charge is 2.39. The van der Waals surface area contributed by atoms with Gasteiger partial charge in [0.2, 0.25) is 10.0 Å². The summed E-state index contributed by atoms with van der Waals surface area (Å²) >= 11 is 5.98. The normalized spacial score (nSPS) is 28.2. The number of ether oxygens (including phenoxy) is 1. The number of carbonyl (C=O) groups is 1. The first-order chi connectivity index (χ1) is 21.1. The molecule has 5 rings (SSSR count). The van der Waals surface area contributed by atoms with Crippen LogP contribution in [0, 0.1) is 17.6 Å². The average molecular weight is 652 g/mol. The highest BCUT2D eigenvalue weighted by molar-refractivity contribution is 7.89. The Hall–Kier alpha value is -1.95. The molecule has 2 aliphatic heterocycles. The van der Waals surface area contributed by atoms with Crippen LogP contribution >= 0.6 is 11.6 Å². The molecule has 7 nitrogen and oxygen atoms in total. The van der Waals surface area contributed by atoms with Gasteiger partial charge in [0.25, 0.3) is 0 Å². The number of fused-ring (bicyclic) bond motifs is 2. The lowest BCUT2D eigenvalue weighted by Gasteiger charge is -2.37. The van der Waals surface area contributed by atoms with Gasteiger partial charge in [0.1, 0.15) is 11.6 Å². The first kappa shape index (κ1) is 33.4. The van der Waals surface area contributed by atoms with Crippen molar-refractivity contribution in [2.45, 2.75) is 94.9 Å². The lowest BCUT2D eigenvalue weighted by atomic mass is 9.71. The fourth-order valence-corrected chi connectivity index (χ4v) is 9.38. The molecule has 2 unspecified atom stereocenters. The second-order valence-corrected chi connectivity index (χ2v) is 15.0. The SMILES string of the molecule is CCOC1CCC(C(c2ccc(Cl)c(F)c2)[C@H](N)C(=O)Cc2cccc(F)c2CC[C@H]2CN[C@@H]3CCCS(=O)(=O)N2C3)CC1. The maximum Gasteiger partial charge on any atom is 0.214 e. The highest BCUT2D eigenvalue weighted by atomic mass is 35.5. The smallest absolute Gasteiger partial charge is 0.214 e. The maximum absolute atomic E-state index is 15.3. The minimum atomic E-state index is -3.37. The number of nitrogens with two attached hydrogens (primary N) is 1. The zero-order valence-corrected chi connectivity index (χ0v) is 26.9. The van der Waals surface area contributed by atoms with Gasteiger partial charge in [0.15, 0.2) is 5.78 Å². The Bertz CT molecular complexity index is 1420. The molecule has 0 amide bonds. The number of nitrogens with zero attached hydrogens (tertiary/aromatic N) is 1. The van der Waals surface area contributed by atoms with E-state index in [2.05, 4.69) is 5.32 Å². The quantitative estimate of drug-likeness (QED) is 0.349. The molecule has 3 fully saturated rings. The molecule has 0 aromatic heterocycles. The summed E-state index contributed by atoms with van der Waals surface area (Å²) in [6.45, 7) is 3.56. The number of hydrogen-bond acceptors (Lipinski definition) is 6. The Kier molecular flexibility index (Phi) is 11.1. The van der Waals surface area contributed by atoms with Crippen LogP contribution in [0.3, 0.4) is 0 Å². The average Bonchev–Trinajstić information content (AvgIpc) is 3.11. The van der Waals surface area contributed by atoms with E-state index in [0.29, 0.717) is 55.6 Å². The molecular formula is C33H44ClF2N3O4S. The van der Waals surface area contributed by atoms with E-state index in [1.54, 1.807) is 22.5 Å². The van der Waals surface area contributed by atoms with Gasteiger partial charge in [-0.15, -0.1) is 0 Å². The number of nitrogens with one attached hydrogen (secondary N) is 1. The van der Waals surface area contributed by atoms with Gasteiger partial charge >= 0.3 is 0 Å². The van der Waals surface area contributed by atoms with Gasteiger partial charge in [-0.05, 0) is 99.1 Å². The molecule has 2 aromatic rings. The largest absolute Gasteiger partial charge is 0.379 e. The molecule has 242 valence electrons. The zero-order chi connectivity index (χ0) is 31.4. The van der Waals surface area contributed by atoms with Gasteiger partial charge < -0.3 is 15.8 Å². The van der Waals surface area contributed by atoms with E-state index in [0.717, 1.165) is 32.1 Å². The number of carbonyl (C=O) groups excluding carboxylic acids is 1. The van der Waals surface area contributed by atoms with Crippen molar-refractivity contribution in [2.75, 3.05) is 25.4 Å². The number of piperazine rings is 1. The molecule has 1 aliphatic carbocycles. The third kappa shape index (κ3) is 7.70. The lowest BCUT2D eigenvalue weighted by Crippen LogP contribution is -2.57. The van der Waals surface area contributed by atoms with Crippen LogP contribution in [0.5, 0.6) is 0 Å². The van der Waals surface area contributed by atoms with E-state index in [9.17, 15) is 17.6 Å². The monoisotopic (exact) mass is 651 g/mol. The molecule has 3 N–H and O–H groups in total. The Balaban J connectivity index is 1.33. The summed E-state index contributed by atoms with van der Waals surface area (Å²) in [5.41, 5.74) is 8.31. The van der Waals surface area contributed by atoms with Gasteiger partial charge in [-0.1, -0.05) is 29.8 Å². The van der Waals surface area contributed by atoms with Crippen LogP contribution in [0.2, 0.25) is 5.02 Å². The number of Topliss-reactive ketones (excluding diaryl/α,β-unsaturated/α-hetero) is 1. The van der Waals surface area contributed by atoms with E-state index < -0.39 is 33.6 Å². The third-order valence-corrected chi connectivity index (χ3v) is 12.1. The third-order valence-electron chi connectivity index (χ3n) is 9.79. The molecular weight excluding hydrogens is 608 g/mol. The van der Waals surface area contributed by atoms with Crippen molar-refractivity contribution in [2.24, 2.45) is 11.7 Å². The Morgan fingerprint density at radius 1 is 1.14 bits per heavy atom. The van der Waals surface area contributed by atoms with Crippen molar-refractivity contribution in [3.8, 4) is 0 Å². The van der Waals surface area contributed by atoms with Crippen LogP contribution in [0.4, 0.5) is 8.78 Å². The number of sulfonamides is 1. The molecule has 2 bridgehead atoms. The fourth-order valence-electron chi connectivity index (χ4n) is 7.45. The summed E-state index contributed by atoms with van der Waals surface area (Å²) in [6, 6.07) is 8.25. The van der Waals surface area contributed by atoms with Crippen molar-refractivity contribution in [3.05, 3.63) is 69.7 Å². The Morgan fingerprint density at radius 2 is 1.91 bits per heavy atom. The van der Waals surface area contributed by atoms with Crippen molar-refractivity contribution in [3.63, 3.8) is 0 Å². The van der Waals surface area contributed by atoms with Gasteiger partial charge in [-0.3, -0.25) is 4.79 Å². The van der Waals surface area contributed by atoms with Crippen molar-refractivity contribution >= 4 is 27.4 Å². The summed E-state index contributed by atoms with van der Waals surface area (Å²) in [5.74, 6) is -1.47. The number of benzene rings is 2. The van der Waals surface area contributed by atoms with Crippen LogP contribution in [0.1, 0.15) is 74.5 Å². The Morgan fingerprint density at radius 3 is 2.64 bits per heavy atom. The van der Waals surface area contributed by atoms with E-state index >= 15 is 4.39 Å². The molecule has 44 heavy (non-hydrogen) atoms. The highest BCUT2D eigenvalue weighted by Crippen LogP contribution is 2.40. The van der Waals surface area contributed by atoms with E-state index in [-0.39, 0.29) is 47.1 Å². The Labute approximate surface area is 264 Å². The first-order valence-corrected chi connectivity index (χ1v) is 17.9. The summed E-state index contributed by atoms with van der Waals surface area (Å²) in [5, 5.41) is 3.46. The number of ketones is 1. The predicted octanol–water partition coefficient (Wildman–Crippen LogP) is 5.13. The molecule has 2 heterocycles. The summed E-state index contributed by atoms with van der Waals surface area (Å²) < 4.78 is 63.1. The topological polar surface area (TPSA) is 102 Å².